The molecule has 2 aromatic rings. The summed E-state index contributed by atoms with van der Waals surface area (Å²) in [6.45, 7) is 2.76. The Bertz CT molecular complexity index is 744. The number of carbonyl (C=O) groups excluding carboxylic acids is 1. The predicted octanol–water partition coefficient (Wildman–Crippen LogP) is 0.904. The fourth-order valence-electron chi connectivity index (χ4n) is 3.54. The number of carbonyl (C=O) groups is 1. The zero-order valence-electron chi connectivity index (χ0n) is 13.7. The molecule has 8 heteroatoms. The van der Waals surface area contributed by atoms with Gasteiger partial charge < -0.3 is 15.1 Å². The summed E-state index contributed by atoms with van der Waals surface area (Å²) >= 11 is 0. The van der Waals surface area contributed by atoms with Crippen molar-refractivity contribution in [3.63, 3.8) is 0 Å². The van der Waals surface area contributed by atoms with Gasteiger partial charge in [0.25, 0.3) is 0 Å². The molecule has 0 saturated carbocycles. The van der Waals surface area contributed by atoms with Crippen molar-refractivity contribution in [2.45, 2.75) is 32.0 Å². The first-order valence-electron chi connectivity index (χ1n) is 8.29. The van der Waals surface area contributed by atoms with Crippen LogP contribution in [0.15, 0.2) is 24.5 Å². The van der Waals surface area contributed by atoms with E-state index in [-0.39, 0.29) is 6.03 Å². The SMILES string of the molecule is Cn1nncc1CNC(=O)N1Cc2cccnc2N2CCC[C@@H]2C1. The molecule has 4 heterocycles. The van der Waals surface area contributed by atoms with Gasteiger partial charge in [-0.15, -0.1) is 5.10 Å². The number of pyridine rings is 1. The number of nitrogens with one attached hydrogen (secondary N) is 1. The van der Waals surface area contributed by atoms with Crippen LogP contribution < -0.4 is 10.2 Å². The summed E-state index contributed by atoms with van der Waals surface area (Å²) in [5, 5.41) is 10.7. The molecular weight excluding hydrogens is 306 g/mol. The Balaban J connectivity index is 1.51. The number of fused-ring (bicyclic) bond motifs is 3. The predicted molar refractivity (Wildman–Crippen MR) is 88.3 cm³/mol. The average Bonchev–Trinajstić information content (AvgIpc) is 3.18. The molecule has 0 aliphatic carbocycles. The minimum atomic E-state index is -0.0558. The van der Waals surface area contributed by atoms with Crippen molar-refractivity contribution in [1.29, 1.82) is 0 Å². The average molecular weight is 327 g/mol. The van der Waals surface area contributed by atoms with Gasteiger partial charge in [0.15, 0.2) is 0 Å². The first-order valence-corrected chi connectivity index (χ1v) is 8.29. The van der Waals surface area contributed by atoms with Gasteiger partial charge in [-0.3, -0.25) is 4.68 Å². The van der Waals surface area contributed by atoms with E-state index >= 15 is 0 Å². The van der Waals surface area contributed by atoms with E-state index in [4.69, 9.17) is 0 Å². The minimum Gasteiger partial charge on any atom is -0.352 e. The molecule has 4 rings (SSSR count). The van der Waals surface area contributed by atoms with Gasteiger partial charge in [-0.1, -0.05) is 11.3 Å². The molecule has 2 aromatic heterocycles. The molecule has 8 nitrogen and oxygen atoms in total. The van der Waals surface area contributed by atoms with Crippen LogP contribution in [0.25, 0.3) is 0 Å². The first-order chi connectivity index (χ1) is 11.7. The molecule has 2 aliphatic heterocycles. The Kier molecular flexibility index (Phi) is 3.79. The van der Waals surface area contributed by atoms with E-state index in [1.807, 2.05) is 24.2 Å². The Labute approximate surface area is 140 Å². The van der Waals surface area contributed by atoms with Crippen LogP contribution in [-0.2, 0) is 20.1 Å². The third kappa shape index (κ3) is 2.68. The van der Waals surface area contributed by atoms with Crippen LogP contribution in [0.5, 0.6) is 0 Å². The Morgan fingerprint density at radius 2 is 2.38 bits per heavy atom. The minimum absolute atomic E-state index is 0.0558. The molecule has 0 unspecified atom stereocenters. The fraction of sp³-hybridized carbons (Fsp3) is 0.500. The van der Waals surface area contributed by atoms with Gasteiger partial charge in [0.2, 0.25) is 0 Å². The summed E-state index contributed by atoms with van der Waals surface area (Å²) in [6, 6.07) is 4.30. The lowest BCUT2D eigenvalue weighted by Gasteiger charge is -2.27. The molecule has 0 spiro atoms. The van der Waals surface area contributed by atoms with E-state index < -0.39 is 0 Å². The smallest absolute Gasteiger partial charge is 0.318 e. The third-order valence-electron chi connectivity index (χ3n) is 4.83. The van der Waals surface area contributed by atoms with E-state index in [2.05, 4.69) is 31.6 Å². The van der Waals surface area contributed by atoms with Crippen molar-refractivity contribution in [1.82, 2.24) is 30.2 Å². The number of hydrogen-bond donors (Lipinski definition) is 1. The third-order valence-corrected chi connectivity index (χ3v) is 4.83. The highest BCUT2D eigenvalue weighted by molar-refractivity contribution is 5.75. The molecule has 126 valence electrons. The summed E-state index contributed by atoms with van der Waals surface area (Å²) in [5.74, 6) is 1.03. The Morgan fingerprint density at radius 3 is 3.21 bits per heavy atom. The van der Waals surface area contributed by atoms with Crippen molar-refractivity contribution in [2.75, 3.05) is 18.0 Å². The van der Waals surface area contributed by atoms with Crippen LogP contribution >= 0.6 is 0 Å². The molecular formula is C16H21N7O. The number of anilines is 1. The van der Waals surface area contributed by atoms with Crippen LogP contribution in [0.1, 0.15) is 24.1 Å². The number of nitrogens with zero attached hydrogens (tertiary/aromatic N) is 6. The zero-order valence-corrected chi connectivity index (χ0v) is 13.7. The van der Waals surface area contributed by atoms with Crippen LogP contribution in [-0.4, -0.2) is 50.0 Å². The molecule has 1 saturated heterocycles. The highest BCUT2D eigenvalue weighted by Gasteiger charge is 2.33. The van der Waals surface area contributed by atoms with Gasteiger partial charge in [0, 0.05) is 37.9 Å². The molecule has 1 atom stereocenters. The largest absolute Gasteiger partial charge is 0.352 e. The van der Waals surface area contributed by atoms with Crippen LogP contribution in [0.2, 0.25) is 0 Å². The van der Waals surface area contributed by atoms with Gasteiger partial charge in [-0.2, -0.15) is 0 Å². The molecule has 0 aromatic carbocycles. The molecule has 1 fully saturated rings. The molecule has 0 bridgehead atoms. The highest BCUT2D eigenvalue weighted by Crippen LogP contribution is 2.31. The second-order valence-electron chi connectivity index (χ2n) is 6.36. The maximum atomic E-state index is 12.7. The number of aryl methyl sites for hydroxylation is 1. The normalized spacial score (nSPS) is 19.6. The van der Waals surface area contributed by atoms with Gasteiger partial charge in [0.1, 0.15) is 5.82 Å². The maximum Gasteiger partial charge on any atom is 0.318 e. The van der Waals surface area contributed by atoms with Crippen molar-refractivity contribution in [3.8, 4) is 0 Å². The second-order valence-corrected chi connectivity index (χ2v) is 6.36. The molecule has 24 heavy (non-hydrogen) atoms. The number of urea groups is 1. The number of hydrogen-bond acceptors (Lipinski definition) is 5. The van der Waals surface area contributed by atoms with Gasteiger partial charge in [0.05, 0.1) is 25.0 Å². The van der Waals surface area contributed by atoms with Crippen LogP contribution in [0.4, 0.5) is 10.6 Å². The Morgan fingerprint density at radius 1 is 1.46 bits per heavy atom. The topological polar surface area (TPSA) is 79.2 Å². The summed E-state index contributed by atoms with van der Waals surface area (Å²) in [4.78, 5) is 21.5. The van der Waals surface area contributed by atoms with Gasteiger partial charge in [-0.25, -0.2) is 9.78 Å². The summed E-state index contributed by atoms with van der Waals surface area (Å²) in [6.07, 6.45) is 5.75. The fourth-order valence-corrected chi connectivity index (χ4v) is 3.54. The zero-order chi connectivity index (χ0) is 16.5. The molecule has 0 radical (unpaired) electrons. The van der Waals surface area contributed by atoms with Crippen molar-refractivity contribution >= 4 is 11.8 Å². The van der Waals surface area contributed by atoms with Gasteiger partial charge >= 0.3 is 6.03 Å². The highest BCUT2D eigenvalue weighted by atomic mass is 16.2. The summed E-state index contributed by atoms with van der Waals surface area (Å²) in [7, 11) is 1.82. The Hall–Kier alpha value is -2.64. The summed E-state index contributed by atoms with van der Waals surface area (Å²) in [5.41, 5.74) is 1.99. The van der Waals surface area contributed by atoms with Crippen molar-refractivity contribution in [2.24, 2.45) is 7.05 Å². The quantitative estimate of drug-likeness (QED) is 0.887. The molecule has 2 amide bonds. The number of aromatic nitrogens is 4. The lowest BCUT2D eigenvalue weighted by atomic mass is 10.2. The standard InChI is InChI=1S/C16H21N7O/c1-21-14(9-19-20-21)8-18-16(24)22-10-12-4-2-6-17-15(12)23-7-3-5-13(23)11-22/h2,4,6,9,13H,3,5,7-8,10-11H2,1H3,(H,18,24)/t13-/m1/s1. The van der Waals surface area contributed by atoms with Crippen LogP contribution in [0, 0.1) is 0 Å². The number of amides is 2. The second kappa shape index (κ2) is 6.10. The van der Waals surface area contributed by atoms with Crippen molar-refractivity contribution < 1.29 is 4.79 Å². The summed E-state index contributed by atoms with van der Waals surface area (Å²) < 4.78 is 1.67. The molecule has 2 aliphatic rings. The lowest BCUT2D eigenvalue weighted by Crippen LogP contribution is -2.44. The molecule has 1 N–H and O–H groups in total. The van der Waals surface area contributed by atoms with Gasteiger partial charge in [-0.05, 0) is 18.9 Å². The van der Waals surface area contributed by atoms with E-state index in [9.17, 15) is 4.79 Å². The lowest BCUT2D eigenvalue weighted by molar-refractivity contribution is 0.192. The van der Waals surface area contributed by atoms with Crippen LogP contribution in [0.3, 0.4) is 0 Å². The maximum absolute atomic E-state index is 12.7. The van der Waals surface area contributed by atoms with E-state index in [0.717, 1.165) is 43.0 Å². The van der Waals surface area contributed by atoms with E-state index in [0.29, 0.717) is 19.1 Å². The number of rotatable bonds is 2. The van der Waals surface area contributed by atoms with E-state index in [1.165, 1.54) is 0 Å². The first kappa shape index (κ1) is 14.9. The monoisotopic (exact) mass is 327 g/mol. The van der Waals surface area contributed by atoms with Crippen molar-refractivity contribution in [3.05, 3.63) is 35.8 Å². The van der Waals surface area contributed by atoms with E-state index in [1.54, 1.807) is 10.9 Å².